The Bertz CT molecular complexity index is 794. The number of amides is 3. The standard InChI is InChI=1S/C20H24ClN3O2/c1-13(16-8-7-9-17(12-16)23-15(3)25)22-20(26)24(4)14(2)18-10-5-6-11-19(18)21/h5-14H,1-4H3,(H,22,26)(H,23,25)/t13-,14+/m0/s1. The number of carbonyl (C=O) groups excluding carboxylic acids is 2. The normalized spacial score (nSPS) is 12.8. The molecule has 0 aliphatic carbocycles. The van der Waals surface area contributed by atoms with E-state index in [1.54, 1.807) is 11.9 Å². The molecule has 3 amide bonds. The zero-order valence-corrected chi connectivity index (χ0v) is 16.2. The number of benzene rings is 2. The third-order valence-corrected chi connectivity index (χ3v) is 4.65. The molecule has 0 radical (unpaired) electrons. The van der Waals surface area contributed by atoms with Gasteiger partial charge in [0.2, 0.25) is 5.91 Å². The first-order valence-electron chi connectivity index (χ1n) is 8.45. The molecular weight excluding hydrogens is 350 g/mol. The Morgan fingerprint density at radius 1 is 1.08 bits per heavy atom. The van der Waals surface area contributed by atoms with Gasteiger partial charge in [0.05, 0.1) is 12.1 Å². The maximum Gasteiger partial charge on any atom is 0.318 e. The van der Waals surface area contributed by atoms with Crippen LogP contribution in [0.1, 0.15) is 44.0 Å². The molecule has 2 N–H and O–H groups in total. The molecule has 0 spiro atoms. The Labute approximate surface area is 159 Å². The predicted octanol–water partition coefficient (Wildman–Crippen LogP) is 4.76. The van der Waals surface area contributed by atoms with Crippen LogP contribution in [-0.4, -0.2) is 23.9 Å². The van der Waals surface area contributed by atoms with E-state index in [0.29, 0.717) is 10.7 Å². The van der Waals surface area contributed by atoms with E-state index in [1.165, 1.54) is 6.92 Å². The molecule has 0 aliphatic rings. The highest BCUT2D eigenvalue weighted by atomic mass is 35.5. The third-order valence-electron chi connectivity index (χ3n) is 4.30. The van der Waals surface area contributed by atoms with Crippen molar-refractivity contribution in [2.24, 2.45) is 0 Å². The van der Waals surface area contributed by atoms with Gasteiger partial charge < -0.3 is 15.5 Å². The minimum absolute atomic E-state index is 0.132. The van der Waals surface area contributed by atoms with Crippen molar-refractivity contribution in [2.45, 2.75) is 32.9 Å². The summed E-state index contributed by atoms with van der Waals surface area (Å²) in [7, 11) is 1.74. The van der Waals surface area contributed by atoms with Gasteiger partial charge in [-0.3, -0.25) is 4.79 Å². The molecule has 2 aromatic carbocycles. The summed E-state index contributed by atoms with van der Waals surface area (Å²) in [5, 5.41) is 6.36. The number of hydrogen-bond donors (Lipinski definition) is 2. The van der Waals surface area contributed by atoms with Gasteiger partial charge in [0.1, 0.15) is 0 Å². The number of carbonyl (C=O) groups is 2. The monoisotopic (exact) mass is 373 g/mol. The van der Waals surface area contributed by atoms with Crippen molar-refractivity contribution in [1.82, 2.24) is 10.2 Å². The van der Waals surface area contributed by atoms with Crippen molar-refractivity contribution in [3.8, 4) is 0 Å². The molecule has 6 heteroatoms. The molecule has 2 rings (SSSR count). The lowest BCUT2D eigenvalue weighted by Gasteiger charge is -2.28. The van der Waals surface area contributed by atoms with Gasteiger partial charge in [0.15, 0.2) is 0 Å². The number of nitrogens with one attached hydrogen (secondary N) is 2. The van der Waals surface area contributed by atoms with E-state index in [9.17, 15) is 9.59 Å². The highest BCUT2D eigenvalue weighted by Crippen LogP contribution is 2.26. The van der Waals surface area contributed by atoms with Gasteiger partial charge in [-0.2, -0.15) is 0 Å². The molecule has 2 aromatic rings. The van der Waals surface area contributed by atoms with Crippen molar-refractivity contribution < 1.29 is 9.59 Å². The first-order valence-corrected chi connectivity index (χ1v) is 8.82. The van der Waals surface area contributed by atoms with Crippen molar-refractivity contribution in [3.63, 3.8) is 0 Å². The van der Waals surface area contributed by atoms with E-state index in [4.69, 9.17) is 11.6 Å². The van der Waals surface area contributed by atoms with Crippen molar-refractivity contribution in [3.05, 3.63) is 64.7 Å². The molecule has 5 nitrogen and oxygen atoms in total. The summed E-state index contributed by atoms with van der Waals surface area (Å²) in [6.45, 7) is 5.30. The number of urea groups is 1. The number of nitrogens with zero attached hydrogens (tertiary/aromatic N) is 1. The van der Waals surface area contributed by atoms with Crippen LogP contribution in [0, 0.1) is 0 Å². The molecule has 0 saturated heterocycles. The zero-order valence-electron chi connectivity index (χ0n) is 15.4. The Morgan fingerprint density at radius 2 is 1.77 bits per heavy atom. The molecule has 0 aliphatic heterocycles. The van der Waals surface area contributed by atoms with Crippen LogP contribution in [0.5, 0.6) is 0 Å². The molecule has 138 valence electrons. The van der Waals surface area contributed by atoms with Crippen LogP contribution in [0.4, 0.5) is 10.5 Å². The van der Waals surface area contributed by atoms with Gasteiger partial charge >= 0.3 is 6.03 Å². The summed E-state index contributed by atoms with van der Waals surface area (Å²) in [6, 6.07) is 14.3. The Balaban J connectivity index is 2.06. The Hall–Kier alpha value is -2.53. The molecule has 0 aromatic heterocycles. The van der Waals surface area contributed by atoms with Crippen LogP contribution in [-0.2, 0) is 4.79 Å². The Kier molecular flexibility index (Phi) is 6.64. The van der Waals surface area contributed by atoms with Crippen molar-refractivity contribution >= 4 is 29.2 Å². The van der Waals surface area contributed by atoms with E-state index < -0.39 is 0 Å². The second-order valence-corrected chi connectivity index (χ2v) is 6.69. The van der Waals surface area contributed by atoms with Gasteiger partial charge in [-0.15, -0.1) is 0 Å². The van der Waals surface area contributed by atoms with Gasteiger partial charge in [0.25, 0.3) is 0 Å². The first-order chi connectivity index (χ1) is 12.3. The van der Waals surface area contributed by atoms with E-state index in [-0.39, 0.29) is 24.0 Å². The second kappa shape index (κ2) is 8.72. The molecule has 0 bridgehead atoms. The fourth-order valence-electron chi connectivity index (χ4n) is 2.66. The van der Waals surface area contributed by atoms with Crippen molar-refractivity contribution in [1.29, 1.82) is 0 Å². The minimum Gasteiger partial charge on any atom is -0.331 e. The molecule has 0 saturated carbocycles. The number of anilines is 1. The number of hydrogen-bond acceptors (Lipinski definition) is 2. The quantitative estimate of drug-likeness (QED) is 0.793. The van der Waals surface area contributed by atoms with Crippen LogP contribution in [0.3, 0.4) is 0 Å². The number of halogens is 1. The fraction of sp³-hybridized carbons (Fsp3) is 0.300. The minimum atomic E-state index is -0.211. The van der Waals surface area contributed by atoms with Crippen LogP contribution >= 0.6 is 11.6 Å². The maximum absolute atomic E-state index is 12.6. The number of rotatable bonds is 5. The summed E-state index contributed by atoms with van der Waals surface area (Å²) >= 11 is 6.24. The van der Waals surface area contributed by atoms with Gasteiger partial charge in [0, 0.05) is 24.7 Å². The summed E-state index contributed by atoms with van der Waals surface area (Å²) < 4.78 is 0. The molecule has 0 unspecified atom stereocenters. The second-order valence-electron chi connectivity index (χ2n) is 6.29. The van der Waals surface area contributed by atoms with Crippen LogP contribution in [0.2, 0.25) is 5.02 Å². The lowest BCUT2D eigenvalue weighted by Crippen LogP contribution is -2.40. The highest BCUT2D eigenvalue weighted by Gasteiger charge is 2.21. The van der Waals surface area contributed by atoms with Gasteiger partial charge in [-0.25, -0.2) is 4.79 Å². The first kappa shape index (κ1) is 19.8. The average Bonchev–Trinajstić information content (AvgIpc) is 2.60. The Morgan fingerprint density at radius 3 is 2.42 bits per heavy atom. The topological polar surface area (TPSA) is 61.4 Å². The largest absolute Gasteiger partial charge is 0.331 e. The van der Waals surface area contributed by atoms with Gasteiger partial charge in [-0.1, -0.05) is 41.9 Å². The molecule has 2 atom stereocenters. The van der Waals surface area contributed by atoms with Gasteiger partial charge in [-0.05, 0) is 43.2 Å². The van der Waals surface area contributed by atoms with Crippen LogP contribution in [0.25, 0.3) is 0 Å². The average molecular weight is 374 g/mol. The maximum atomic E-state index is 12.6. The lowest BCUT2D eigenvalue weighted by atomic mass is 10.1. The summed E-state index contributed by atoms with van der Waals surface area (Å²) in [5.74, 6) is -0.132. The lowest BCUT2D eigenvalue weighted by molar-refractivity contribution is -0.114. The smallest absolute Gasteiger partial charge is 0.318 e. The summed E-state index contributed by atoms with van der Waals surface area (Å²) in [5.41, 5.74) is 2.50. The third kappa shape index (κ3) is 4.99. The van der Waals surface area contributed by atoms with Crippen LogP contribution < -0.4 is 10.6 Å². The molecular formula is C20H24ClN3O2. The zero-order chi connectivity index (χ0) is 19.3. The predicted molar refractivity (Wildman–Crippen MR) is 105 cm³/mol. The van der Waals surface area contributed by atoms with E-state index in [1.807, 2.05) is 62.4 Å². The van der Waals surface area contributed by atoms with Crippen LogP contribution in [0.15, 0.2) is 48.5 Å². The highest BCUT2D eigenvalue weighted by molar-refractivity contribution is 6.31. The van der Waals surface area contributed by atoms with E-state index >= 15 is 0 Å². The molecule has 0 heterocycles. The molecule has 0 fully saturated rings. The van der Waals surface area contributed by atoms with E-state index in [0.717, 1.165) is 11.1 Å². The molecule has 26 heavy (non-hydrogen) atoms. The summed E-state index contributed by atoms with van der Waals surface area (Å²) in [4.78, 5) is 25.4. The van der Waals surface area contributed by atoms with Crippen molar-refractivity contribution in [2.75, 3.05) is 12.4 Å². The fourth-order valence-corrected chi connectivity index (χ4v) is 2.95. The van der Waals surface area contributed by atoms with E-state index in [2.05, 4.69) is 10.6 Å². The SMILES string of the molecule is CC(=O)Nc1cccc([C@H](C)NC(=O)N(C)[C@H](C)c2ccccc2Cl)c1. The summed E-state index contributed by atoms with van der Waals surface area (Å²) in [6.07, 6.45) is 0.